The summed E-state index contributed by atoms with van der Waals surface area (Å²) < 4.78 is 34.0. The highest BCUT2D eigenvalue weighted by Crippen LogP contribution is 2.42. The summed E-state index contributed by atoms with van der Waals surface area (Å²) in [5.41, 5.74) is 5.46. The molecule has 1 aliphatic heterocycles. The number of rotatable bonds is 1. The van der Waals surface area contributed by atoms with Crippen molar-refractivity contribution in [1.29, 1.82) is 0 Å². The van der Waals surface area contributed by atoms with Crippen LogP contribution in [0.4, 0.5) is 0 Å². The first kappa shape index (κ1) is 21.1. The highest BCUT2D eigenvalue weighted by molar-refractivity contribution is 7.97. The summed E-state index contributed by atoms with van der Waals surface area (Å²) in [6.45, 7) is 4.39. The zero-order valence-corrected chi connectivity index (χ0v) is 17.6. The van der Waals surface area contributed by atoms with E-state index in [1.807, 2.05) is 6.07 Å². The van der Waals surface area contributed by atoms with E-state index in [4.69, 9.17) is 30.2 Å². The topological polar surface area (TPSA) is 92.2 Å². The molecule has 4 rings (SSSR count). The van der Waals surface area contributed by atoms with E-state index in [0.29, 0.717) is 0 Å². The van der Waals surface area contributed by atoms with Gasteiger partial charge in [0.15, 0.2) is 14.7 Å². The molecule has 0 N–H and O–H groups in total. The van der Waals surface area contributed by atoms with Crippen molar-refractivity contribution in [3.8, 4) is 0 Å². The Morgan fingerprint density at radius 3 is 2.14 bits per heavy atom. The minimum atomic E-state index is -4.94. The molecule has 7 heteroatoms. The van der Waals surface area contributed by atoms with Crippen LogP contribution in [0.25, 0.3) is 0 Å². The molecule has 1 heterocycles. The van der Waals surface area contributed by atoms with Gasteiger partial charge < -0.3 is 0 Å². The fourth-order valence-electron chi connectivity index (χ4n) is 3.22. The van der Waals surface area contributed by atoms with Gasteiger partial charge in [0.1, 0.15) is 10.9 Å². The van der Waals surface area contributed by atoms with Crippen molar-refractivity contribution < 1.29 is 28.9 Å². The number of aryl methyl sites for hydroxylation is 2. The van der Waals surface area contributed by atoms with Gasteiger partial charge in [0, 0.05) is 28.1 Å². The average Bonchev–Trinajstić information content (AvgIpc) is 2.60. The lowest BCUT2D eigenvalue weighted by Gasteiger charge is -2.20. The standard InChI is InChI=1S/C21H18ClS.ClHO4/c1-14-7-8-15(2)21(11-14)23-19-6-4-3-5-16(19)12-17-13-18(22)9-10-20(17)23;2-1(3,4)5/h3-11,13H,12H2,1-2H3;(H,2,3,4,5)/q+1;/p-1. The smallest absolute Gasteiger partial charge is 0.170 e. The molecule has 0 saturated heterocycles. The normalized spacial score (nSPS) is 15.2. The van der Waals surface area contributed by atoms with E-state index in [1.165, 1.54) is 36.9 Å². The molecular formula is C21H18Cl2O4S. The van der Waals surface area contributed by atoms with Crippen molar-refractivity contribution in [3.63, 3.8) is 0 Å². The molecule has 1 aliphatic rings. The number of hydrogen-bond acceptors (Lipinski definition) is 4. The first-order valence-corrected chi connectivity index (χ1v) is 11.3. The molecule has 0 amide bonds. The van der Waals surface area contributed by atoms with Crippen molar-refractivity contribution in [2.24, 2.45) is 0 Å². The van der Waals surface area contributed by atoms with Crippen LogP contribution in [0.1, 0.15) is 22.3 Å². The lowest BCUT2D eigenvalue weighted by atomic mass is 10.0. The summed E-state index contributed by atoms with van der Waals surface area (Å²) >= 11 is 6.26. The molecule has 3 aromatic carbocycles. The van der Waals surface area contributed by atoms with Crippen LogP contribution in [-0.4, -0.2) is 0 Å². The van der Waals surface area contributed by atoms with Gasteiger partial charge in [-0.25, -0.2) is 18.6 Å². The Labute approximate surface area is 174 Å². The maximum Gasteiger partial charge on any atom is 0.170 e. The Balaban J connectivity index is 0.000000403. The SMILES string of the molecule is Cc1ccc(C)c([S+]2c3ccccc3Cc3cc(Cl)ccc32)c1.[O-][Cl+3]([O-])([O-])[O-]. The minimum absolute atomic E-state index is 0.0467. The second-order valence-corrected chi connectivity index (χ2v) is 9.61. The van der Waals surface area contributed by atoms with E-state index < -0.39 is 10.2 Å². The van der Waals surface area contributed by atoms with Crippen LogP contribution in [0.2, 0.25) is 5.02 Å². The summed E-state index contributed by atoms with van der Waals surface area (Å²) in [5.74, 6) is 0. The zero-order chi connectivity index (χ0) is 20.5. The Morgan fingerprint density at radius 1 is 0.786 bits per heavy atom. The summed E-state index contributed by atoms with van der Waals surface area (Å²) in [6.07, 6.45) is 0.973. The zero-order valence-electron chi connectivity index (χ0n) is 15.3. The second kappa shape index (κ2) is 8.43. The van der Waals surface area contributed by atoms with Crippen molar-refractivity contribution >= 4 is 22.5 Å². The molecule has 0 aromatic heterocycles. The molecule has 4 nitrogen and oxygen atoms in total. The Morgan fingerprint density at radius 2 is 1.43 bits per heavy atom. The number of halogens is 2. The van der Waals surface area contributed by atoms with E-state index in [2.05, 4.69) is 68.4 Å². The maximum absolute atomic E-state index is 8.49. The van der Waals surface area contributed by atoms with E-state index in [9.17, 15) is 0 Å². The van der Waals surface area contributed by atoms with Crippen LogP contribution in [0.3, 0.4) is 0 Å². The van der Waals surface area contributed by atoms with Gasteiger partial charge in [0.05, 0.1) is 0 Å². The first-order valence-electron chi connectivity index (χ1n) is 8.43. The monoisotopic (exact) mass is 436 g/mol. The Bertz CT molecular complexity index is 996. The van der Waals surface area contributed by atoms with Crippen molar-refractivity contribution in [2.75, 3.05) is 0 Å². The van der Waals surface area contributed by atoms with Crippen LogP contribution >= 0.6 is 11.6 Å². The minimum Gasteiger partial charge on any atom is -0.222 e. The fraction of sp³-hybridized carbons (Fsp3) is 0.143. The lowest BCUT2D eigenvalue weighted by Crippen LogP contribution is -2.68. The molecule has 0 spiro atoms. The first-order chi connectivity index (χ1) is 13.1. The van der Waals surface area contributed by atoms with Crippen LogP contribution in [-0.2, 0) is 17.3 Å². The van der Waals surface area contributed by atoms with Gasteiger partial charge >= 0.3 is 0 Å². The molecule has 0 radical (unpaired) electrons. The highest BCUT2D eigenvalue weighted by atomic mass is 35.7. The summed E-state index contributed by atoms with van der Waals surface area (Å²) in [7, 11) is -4.99. The molecule has 146 valence electrons. The molecule has 0 fully saturated rings. The highest BCUT2D eigenvalue weighted by Gasteiger charge is 2.38. The predicted molar refractivity (Wildman–Crippen MR) is 98.8 cm³/mol. The van der Waals surface area contributed by atoms with Gasteiger partial charge in [-0.1, -0.05) is 41.9 Å². The average molecular weight is 437 g/mol. The summed E-state index contributed by atoms with van der Waals surface area (Å²) in [4.78, 5) is 4.30. The van der Waals surface area contributed by atoms with Gasteiger partial charge in [-0.2, -0.15) is 0 Å². The van der Waals surface area contributed by atoms with E-state index >= 15 is 0 Å². The van der Waals surface area contributed by atoms with Crippen LogP contribution in [0.15, 0.2) is 75.4 Å². The van der Waals surface area contributed by atoms with Crippen molar-refractivity contribution in [3.05, 3.63) is 87.9 Å². The number of benzene rings is 3. The quantitative estimate of drug-likeness (QED) is 0.419. The van der Waals surface area contributed by atoms with Crippen LogP contribution in [0.5, 0.6) is 0 Å². The van der Waals surface area contributed by atoms with Gasteiger partial charge in [0.2, 0.25) is 0 Å². The molecule has 0 saturated carbocycles. The van der Waals surface area contributed by atoms with Crippen molar-refractivity contribution in [1.82, 2.24) is 0 Å². The van der Waals surface area contributed by atoms with Gasteiger partial charge in [-0.15, -0.1) is 10.2 Å². The number of hydrogen-bond donors (Lipinski definition) is 0. The lowest BCUT2D eigenvalue weighted by molar-refractivity contribution is -2.00. The van der Waals surface area contributed by atoms with E-state index in [1.54, 1.807) is 0 Å². The van der Waals surface area contributed by atoms with Crippen LogP contribution < -0.4 is 18.6 Å². The van der Waals surface area contributed by atoms with E-state index in [-0.39, 0.29) is 10.9 Å². The predicted octanol–water partition coefficient (Wildman–Crippen LogP) is 1.20. The summed E-state index contributed by atoms with van der Waals surface area (Å²) in [6, 6.07) is 22.0. The van der Waals surface area contributed by atoms with E-state index in [0.717, 1.165) is 11.4 Å². The molecule has 1 unspecified atom stereocenters. The van der Waals surface area contributed by atoms with Crippen molar-refractivity contribution in [2.45, 2.75) is 35.0 Å². The molecule has 1 atom stereocenters. The molecule has 0 aliphatic carbocycles. The third-order valence-electron chi connectivity index (χ3n) is 4.38. The third kappa shape index (κ3) is 5.07. The van der Waals surface area contributed by atoms with Gasteiger partial charge in [-0.3, -0.25) is 0 Å². The Kier molecular flexibility index (Phi) is 6.37. The maximum atomic E-state index is 8.49. The largest absolute Gasteiger partial charge is 0.222 e. The second-order valence-electron chi connectivity index (χ2n) is 6.49. The third-order valence-corrected chi connectivity index (χ3v) is 7.17. The summed E-state index contributed by atoms with van der Waals surface area (Å²) in [5, 5.41) is 0.827. The number of fused-ring (bicyclic) bond motifs is 2. The van der Waals surface area contributed by atoms with Gasteiger partial charge in [-0.05, 0) is 49.7 Å². The molecular weight excluding hydrogens is 419 g/mol. The van der Waals surface area contributed by atoms with Gasteiger partial charge in [0.25, 0.3) is 0 Å². The molecule has 28 heavy (non-hydrogen) atoms. The molecule has 3 aromatic rings. The Hall–Kier alpha value is -1.57. The molecule has 0 bridgehead atoms. The fourth-order valence-corrected chi connectivity index (χ4v) is 6.04. The van der Waals surface area contributed by atoms with Crippen LogP contribution in [0, 0.1) is 24.1 Å².